The van der Waals surface area contributed by atoms with Crippen molar-refractivity contribution in [3.8, 4) is 0 Å². The predicted octanol–water partition coefficient (Wildman–Crippen LogP) is 2.03. The third-order valence-corrected chi connectivity index (χ3v) is 2.52. The summed E-state index contributed by atoms with van der Waals surface area (Å²) in [5, 5.41) is 1.06. The number of imidazole rings is 1. The van der Waals surface area contributed by atoms with E-state index in [4.69, 9.17) is 4.84 Å². The van der Waals surface area contributed by atoms with Gasteiger partial charge in [0, 0.05) is 5.39 Å². The molecular formula is C12H11N3O. The van der Waals surface area contributed by atoms with E-state index < -0.39 is 0 Å². The van der Waals surface area contributed by atoms with E-state index in [2.05, 4.69) is 9.97 Å². The van der Waals surface area contributed by atoms with Crippen LogP contribution in [0.15, 0.2) is 36.8 Å². The first-order chi connectivity index (χ1) is 7.90. The van der Waals surface area contributed by atoms with Crippen molar-refractivity contribution in [2.45, 2.75) is 6.92 Å². The van der Waals surface area contributed by atoms with Crippen LogP contribution < -0.4 is 4.84 Å². The summed E-state index contributed by atoms with van der Waals surface area (Å²) in [5.74, 6) is 0. The van der Waals surface area contributed by atoms with Crippen molar-refractivity contribution in [2.75, 3.05) is 6.61 Å². The molecule has 0 aliphatic carbocycles. The third kappa shape index (κ3) is 1.23. The maximum atomic E-state index is 5.49. The summed E-state index contributed by atoms with van der Waals surface area (Å²) in [4.78, 5) is 14.1. The molecule has 0 saturated heterocycles. The summed E-state index contributed by atoms with van der Waals surface area (Å²) >= 11 is 0. The van der Waals surface area contributed by atoms with Crippen molar-refractivity contribution >= 4 is 21.9 Å². The van der Waals surface area contributed by atoms with Crippen LogP contribution in [0.2, 0.25) is 0 Å². The lowest BCUT2D eigenvalue weighted by molar-refractivity contribution is 0.131. The topological polar surface area (TPSA) is 39.9 Å². The Kier molecular flexibility index (Phi) is 1.99. The van der Waals surface area contributed by atoms with Gasteiger partial charge in [-0.25, -0.2) is 4.98 Å². The van der Waals surface area contributed by atoms with Crippen LogP contribution in [0.4, 0.5) is 0 Å². The Hall–Kier alpha value is -2.10. The summed E-state index contributed by atoms with van der Waals surface area (Å²) in [6, 6.07) is 7.98. The van der Waals surface area contributed by atoms with E-state index >= 15 is 0 Å². The number of nitrogens with zero attached hydrogens (tertiary/aromatic N) is 3. The number of aromatic nitrogens is 3. The van der Waals surface area contributed by atoms with Gasteiger partial charge in [-0.05, 0) is 13.0 Å². The Morgan fingerprint density at radius 2 is 2.06 bits per heavy atom. The van der Waals surface area contributed by atoms with Crippen LogP contribution in [0, 0.1) is 0 Å². The Morgan fingerprint density at radius 3 is 2.94 bits per heavy atom. The highest BCUT2D eigenvalue weighted by atomic mass is 16.7. The molecule has 16 heavy (non-hydrogen) atoms. The molecule has 0 bridgehead atoms. The lowest BCUT2D eigenvalue weighted by Gasteiger charge is -2.05. The monoisotopic (exact) mass is 213 g/mol. The molecule has 0 spiro atoms. The van der Waals surface area contributed by atoms with Crippen LogP contribution in [0.5, 0.6) is 0 Å². The van der Waals surface area contributed by atoms with Crippen LogP contribution in [0.25, 0.3) is 21.9 Å². The number of hydrogen-bond donors (Lipinski definition) is 0. The molecule has 0 aliphatic rings. The van der Waals surface area contributed by atoms with Gasteiger partial charge >= 0.3 is 0 Å². The van der Waals surface area contributed by atoms with E-state index in [1.165, 1.54) is 0 Å². The van der Waals surface area contributed by atoms with Gasteiger partial charge in [-0.15, -0.1) is 0 Å². The molecule has 3 aromatic rings. The number of rotatable bonds is 2. The molecule has 0 fully saturated rings. The number of para-hydroxylation sites is 1. The highest BCUT2D eigenvalue weighted by Gasteiger charge is 2.07. The number of benzene rings is 1. The van der Waals surface area contributed by atoms with Gasteiger partial charge in [0.1, 0.15) is 24.0 Å². The van der Waals surface area contributed by atoms with E-state index in [-0.39, 0.29) is 0 Å². The second-order valence-electron chi connectivity index (χ2n) is 3.50. The zero-order valence-electron chi connectivity index (χ0n) is 8.92. The molecule has 0 radical (unpaired) electrons. The maximum Gasteiger partial charge on any atom is 0.133 e. The molecule has 0 amide bonds. The van der Waals surface area contributed by atoms with Crippen LogP contribution in [-0.4, -0.2) is 21.3 Å². The maximum absolute atomic E-state index is 5.49. The van der Waals surface area contributed by atoms with Gasteiger partial charge in [-0.1, -0.05) is 18.2 Å². The lowest BCUT2D eigenvalue weighted by Crippen LogP contribution is -2.08. The van der Waals surface area contributed by atoms with Crippen molar-refractivity contribution in [1.82, 2.24) is 14.7 Å². The minimum atomic E-state index is 0.613. The molecule has 0 aliphatic heterocycles. The molecule has 2 aromatic heterocycles. The van der Waals surface area contributed by atoms with E-state index in [1.807, 2.05) is 31.2 Å². The Labute approximate surface area is 92.5 Å². The largest absolute Gasteiger partial charge is 0.413 e. The Bertz CT molecular complexity index is 645. The first-order valence-electron chi connectivity index (χ1n) is 5.24. The smallest absolute Gasteiger partial charge is 0.133 e. The van der Waals surface area contributed by atoms with E-state index in [9.17, 15) is 0 Å². The minimum absolute atomic E-state index is 0.613. The van der Waals surface area contributed by atoms with Crippen molar-refractivity contribution in [2.24, 2.45) is 0 Å². The van der Waals surface area contributed by atoms with Gasteiger partial charge < -0.3 is 4.84 Å². The quantitative estimate of drug-likeness (QED) is 0.654. The fourth-order valence-corrected chi connectivity index (χ4v) is 1.85. The summed E-state index contributed by atoms with van der Waals surface area (Å²) in [6.07, 6.45) is 3.45. The Morgan fingerprint density at radius 1 is 1.19 bits per heavy atom. The first-order valence-corrected chi connectivity index (χ1v) is 5.24. The summed E-state index contributed by atoms with van der Waals surface area (Å²) in [7, 11) is 0. The summed E-state index contributed by atoms with van der Waals surface area (Å²) in [6.45, 7) is 2.57. The van der Waals surface area contributed by atoms with Crippen LogP contribution >= 0.6 is 0 Å². The fraction of sp³-hybridized carbons (Fsp3) is 0.167. The van der Waals surface area contributed by atoms with Gasteiger partial charge in [-0.3, -0.25) is 4.98 Å². The predicted molar refractivity (Wildman–Crippen MR) is 62.2 cm³/mol. The summed E-state index contributed by atoms with van der Waals surface area (Å²) in [5.41, 5.74) is 2.79. The molecule has 0 unspecified atom stereocenters. The highest BCUT2D eigenvalue weighted by Crippen LogP contribution is 2.21. The molecule has 0 saturated carbocycles. The molecule has 0 atom stereocenters. The highest BCUT2D eigenvalue weighted by molar-refractivity contribution is 6.01. The number of fused-ring (bicyclic) bond motifs is 3. The lowest BCUT2D eigenvalue weighted by atomic mass is 10.2. The van der Waals surface area contributed by atoms with Gasteiger partial charge in [0.2, 0.25) is 0 Å². The van der Waals surface area contributed by atoms with Crippen LogP contribution in [-0.2, 0) is 0 Å². The van der Waals surface area contributed by atoms with Crippen molar-refractivity contribution in [3.63, 3.8) is 0 Å². The minimum Gasteiger partial charge on any atom is -0.413 e. The molecule has 4 heteroatoms. The van der Waals surface area contributed by atoms with Crippen molar-refractivity contribution in [3.05, 3.63) is 36.8 Å². The average molecular weight is 213 g/mol. The van der Waals surface area contributed by atoms with Crippen LogP contribution in [0.3, 0.4) is 0 Å². The number of hydrogen-bond acceptors (Lipinski definition) is 3. The molecule has 4 nitrogen and oxygen atoms in total. The van der Waals surface area contributed by atoms with Gasteiger partial charge in [0.15, 0.2) is 0 Å². The van der Waals surface area contributed by atoms with Gasteiger partial charge in [0.25, 0.3) is 0 Å². The van der Waals surface area contributed by atoms with Gasteiger partial charge in [-0.2, -0.15) is 4.73 Å². The second kappa shape index (κ2) is 3.48. The molecule has 3 rings (SSSR count). The standard InChI is InChI=1S/C12H11N3O/c1-2-16-15-8-14-11-7-13-10-6-4-3-5-9(10)12(11)15/h3-8H,2H2,1H3. The normalized spacial score (nSPS) is 11.1. The first kappa shape index (κ1) is 9.15. The second-order valence-corrected chi connectivity index (χ2v) is 3.50. The molecule has 0 N–H and O–H groups in total. The van der Waals surface area contributed by atoms with Crippen molar-refractivity contribution < 1.29 is 4.84 Å². The Balaban J connectivity index is 2.42. The van der Waals surface area contributed by atoms with Crippen LogP contribution in [0.1, 0.15) is 6.92 Å². The zero-order chi connectivity index (χ0) is 11.0. The van der Waals surface area contributed by atoms with E-state index in [0.29, 0.717) is 6.61 Å². The third-order valence-electron chi connectivity index (χ3n) is 2.52. The van der Waals surface area contributed by atoms with Gasteiger partial charge in [0.05, 0.1) is 11.7 Å². The molecule has 2 heterocycles. The molecular weight excluding hydrogens is 202 g/mol. The van der Waals surface area contributed by atoms with Crippen molar-refractivity contribution in [1.29, 1.82) is 0 Å². The molecule has 1 aromatic carbocycles. The average Bonchev–Trinajstić information content (AvgIpc) is 2.73. The van der Waals surface area contributed by atoms with E-state index in [0.717, 1.165) is 21.9 Å². The zero-order valence-corrected chi connectivity index (χ0v) is 8.92. The van der Waals surface area contributed by atoms with E-state index in [1.54, 1.807) is 17.3 Å². The fourth-order valence-electron chi connectivity index (χ4n) is 1.85. The molecule has 80 valence electrons. The summed E-state index contributed by atoms with van der Waals surface area (Å²) < 4.78 is 1.71. The SMILES string of the molecule is CCOn1cnc2cnc3ccccc3c21. The number of pyridine rings is 1.